The Morgan fingerprint density at radius 2 is 2.12 bits per heavy atom. The van der Waals surface area contributed by atoms with Crippen molar-refractivity contribution < 1.29 is 13.5 Å². The molecule has 0 aliphatic heterocycles. The largest absolute Gasteiger partial charge is 0.476 e. The molecule has 0 radical (unpaired) electrons. The minimum Gasteiger partial charge on any atom is -0.476 e. The molecule has 0 saturated carbocycles. The van der Waals surface area contributed by atoms with Crippen molar-refractivity contribution in [1.82, 2.24) is 4.98 Å². The summed E-state index contributed by atoms with van der Waals surface area (Å²) >= 11 is 0. The number of hydrogen-bond donors (Lipinski definition) is 2. The molecule has 0 aliphatic carbocycles. The van der Waals surface area contributed by atoms with Crippen LogP contribution in [0.2, 0.25) is 0 Å². The lowest BCUT2D eigenvalue weighted by Crippen LogP contribution is -2.12. The third kappa shape index (κ3) is 4.14. The topological polar surface area (TPSA) is 60.2 Å². The zero-order chi connectivity index (χ0) is 12.8. The lowest BCUT2D eigenvalue weighted by Gasteiger charge is -2.09. The average Bonchev–Trinajstić information content (AvgIpc) is 2.26. The summed E-state index contributed by atoms with van der Waals surface area (Å²) in [6, 6.07) is 0.694. The number of nitrogens with zero attached hydrogens (tertiary/aromatic N) is 1. The van der Waals surface area contributed by atoms with E-state index < -0.39 is 11.6 Å². The molecule has 1 aromatic heterocycles. The van der Waals surface area contributed by atoms with E-state index in [-0.39, 0.29) is 11.7 Å². The summed E-state index contributed by atoms with van der Waals surface area (Å²) in [4.78, 5) is 3.60. The molecule has 6 heteroatoms. The first kappa shape index (κ1) is 13.6. The Labute approximate surface area is 99.1 Å². The Bertz CT molecular complexity index is 372. The molecule has 0 saturated heterocycles. The van der Waals surface area contributed by atoms with E-state index in [1.54, 1.807) is 0 Å². The maximum absolute atomic E-state index is 13.3. The molecule has 0 fully saturated rings. The molecule has 0 aromatic carbocycles. The molecule has 0 unspecified atom stereocenters. The Morgan fingerprint density at radius 1 is 1.41 bits per heavy atom. The van der Waals surface area contributed by atoms with Gasteiger partial charge in [0.05, 0.1) is 6.61 Å². The van der Waals surface area contributed by atoms with Crippen molar-refractivity contribution in [2.45, 2.75) is 26.7 Å². The quantitative estimate of drug-likeness (QED) is 0.459. The third-order valence-electron chi connectivity index (χ3n) is 2.20. The van der Waals surface area contributed by atoms with Crippen LogP contribution < -0.4 is 16.0 Å². The van der Waals surface area contributed by atoms with Crippen LogP contribution in [0.4, 0.5) is 14.6 Å². The van der Waals surface area contributed by atoms with E-state index in [0.717, 1.165) is 12.8 Å². The van der Waals surface area contributed by atoms with Gasteiger partial charge in [0.2, 0.25) is 0 Å². The van der Waals surface area contributed by atoms with Gasteiger partial charge in [-0.15, -0.1) is 0 Å². The molecule has 0 spiro atoms. The van der Waals surface area contributed by atoms with E-state index in [0.29, 0.717) is 18.6 Å². The SMILES string of the molecule is CC(C)CCCOc1nc(NN)c(F)cc1F. The number of ether oxygens (including phenoxy) is 1. The summed E-state index contributed by atoms with van der Waals surface area (Å²) in [6.45, 7) is 4.53. The van der Waals surface area contributed by atoms with E-state index in [1.165, 1.54) is 0 Å². The van der Waals surface area contributed by atoms with Gasteiger partial charge in [0.1, 0.15) is 0 Å². The maximum atomic E-state index is 13.3. The van der Waals surface area contributed by atoms with E-state index in [4.69, 9.17) is 10.6 Å². The number of rotatable bonds is 6. The highest BCUT2D eigenvalue weighted by atomic mass is 19.1. The lowest BCUT2D eigenvalue weighted by atomic mass is 10.1. The normalized spacial score (nSPS) is 10.7. The standard InChI is InChI=1S/C11H17F2N3O/c1-7(2)4-3-5-17-11-9(13)6-8(12)10(15-11)16-14/h6-7H,3-5,14H2,1-2H3,(H,15,16). The summed E-state index contributed by atoms with van der Waals surface area (Å²) in [5, 5.41) is 0. The van der Waals surface area contributed by atoms with Crippen molar-refractivity contribution in [1.29, 1.82) is 0 Å². The zero-order valence-electron chi connectivity index (χ0n) is 9.96. The van der Waals surface area contributed by atoms with Gasteiger partial charge in [-0.1, -0.05) is 13.8 Å². The van der Waals surface area contributed by atoms with Gasteiger partial charge >= 0.3 is 0 Å². The van der Waals surface area contributed by atoms with Gasteiger partial charge in [-0.05, 0) is 18.8 Å². The second-order valence-electron chi connectivity index (χ2n) is 4.13. The fourth-order valence-corrected chi connectivity index (χ4v) is 1.31. The second-order valence-corrected chi connectivity index (χ2v) is 4.13. The molecule has 1 rings (SSSR count). The van der Waals surface area contributed by atoms with E-state index in [1.807, 2.05) is 5.43 Å². The molecular weight excluding hydrogens is 228 g/mol. The molecule has 1 aromatic rings. The summed E-state index contributed by atoms with van der Waals surface area (Å²) in [5.74, 6) is 3.45. The predicted molar refractivity (Wildman–Crippen MR) is 61.5 cm³/mol. The fourth-order valence-electron chi connectivity index (χ4n) is 1.31. The van der Waals surface area contributed by atoms with Gasteiger partial charge in [0.15, 0.2) is 17.5 Å². The van der Waals surface area contributed by atoms with Crippen molar-refractivity contribution in [3.05, 3.63) is 17.7 Å². The fraction of sp³-hybridized carbons (Fsp3) is 0.545. The van der Waals surface area contributed by atoms with Gasteiger partial charge in [0.25, 0.3) is 5.88 Å². The first-order valence-corrected chi connectivity index (χ1v) is 5.50. The van der Waals surface area contributed by atoms with E-state index >= 15 is 0 Å². The second kappa shape index (κ2) is 6.34. The van der Waals surface area contributed by atoms with Crippen molar-refractivity contribution >= 4 is 5.82 Å². The number of pyridine rings is 1. The molecule has 0 amide bonds. The number of halogens is 2. The molecule has 4 nitrogen and oxygen atoms in total. The predicted octanol–water partition coefficient (Wildman–Crippen LogP) is 2.46. The van der Waals surface area contributed by atoms with Gasteiger partial charge in [0, 0.05) is 6.07 Å². The number of aromatic nitrogens is 1. The Kier molecular flexibility index (Phi) is 5.09. The molecule has 1 heterocycles. The van der Waals surface area contributed by atoms with Crippen LogP contribution in [0.25, 0.3) is 0 Å². The zero-order valence-corrected chi connectivity index (χ0v) is 9.96. The molecule has 0 aliphatic rings. The van der Waals surface area contributed by atoms with Crippen molar-refractivity contribution in [2.24, 2.45) is 11.8 Å². The molecule has 17 heavy (non-hydrogen) atoms. The monoisotopic (exact) mass is 245 g/mol. The number of nitrogens with one attached hydrogen (secondary N) is 1. The van der Waals surface area contributed by atoms with E-state index in [2.05, 4.69) is 18.8 Å². The maximum Gasteiger partial charge on any atom is 0.252 e. The van der Waals surface area contributed by atoms with Crippen molar-refractivity contribution in [3.8, 4) is 5.88 Å². The molecule has 96 valence electrons. The smallest absolute Gasteiger partial charge is 0.252 e. The number of nitrogens with two attached hydrogens (primary N) is 1. The summed E-state index contributed by atoms with van der Waals surface area (Å²) < 4.78 is 31.4. The minimum atomic E-state index is -0.848. The first-order valence-electron chi connectivity index (χ1n) is 5.50. The van der Waals surface area contributed by atoms with Gasteiger partial charge in [-0.2, -0.15) is 4.98 Å². The van der Waals surface area contributed by atoms with Crippen LogP contribution in [0.3, 0.4) is 0 Å². The Hall–Kier alpha value is -1.43. The van der Waals surface area contributed by atoms with Crippen molar-refractivity contribution in [2.75, 3.05) is 12.0 Å². The third-order valence-corrected chi connectivity index (χ3v) is 2.20. The minimum absolute atomic E-state index is 0.231. The number of anilines is 1. The van der Waals surface area contributed by atoms with Crippen LogP contribution in [0.15, 0.2) is 6.07 Å². The molecule has 0 atom stereocenters. The highest BCUT2D eigenvalue weighted by molar-refractivity contribution is 5.38. The number of nitrogen functional groups attached to an aromatic ring is 1. The summed E-state index contributed by atoms with van der Waals surface area (Å²) in [5.41, 5.74) is 2.04. The highest BCUT2D eigenvalue weighted by Crippen LogP contribution is 2.20. The molecule has 3 N–H and O–H groups in total. The summed E-state index contributed by atoms with van der Waals surface area (Å²) in [6.07, 6.45) is 1.77. The van der Waals surface area contributed by atoms with Gasteiger partial charge in [-0.25, -0.2) is 14.6 Å². The Morgan fingerprint density at radius 3 is 2.71 bits per heavy atom. The van der Waals surface area contributed by atoms with Gasteiger partial charge in [-0.3, -0.25) is 0 Å². The Balaban J connectivity index is 2.58. The lowest BCUT2D eigenvalue weighted by molar-refractivity contribution is 0.272. The van der Waals surface area contributed by atoms with Crippen LogP contribution >= 0.6 is 0 Å². The summed E-state index contributed by atoms with van der Waals surface area (Å²) in [7, 11) is 0. The van der Waals surface area contributed by atoms with Crippen LogP contribution in [-0.4, -0.2) is 11.6 Å². The van der Waals surface area contributed by atoms with Gasteiger partial charge < -0.3 is 10.2 Å². The number of hydrogen-bond acceptors (Lipinski definition) is 4. The van der Waals surface area contributed by atoms with E-state index in [9.17, 15) is 8.78 Å². The average molecular weight is 245 g/mol. The van der Waals surface area contributed by atoms with Crippen molar-refractivity contribution in [3.63, 3.8) is 0 Å². The van der Waals surface area contributed by atoms with Crippen LogP contribution in [-0.2, 0) is 0 Å². The van der Waals surface area contributed by atoms with Crippen LogP contribution in [0, 0.1) is 17.6 Å². The number of hydrazine groups is 1. The highest BCUT2D eigenvalue weighted by Gasteiger charge is 2.12. The van der Waals surface area contributed by atoms with Crippen LogP contribution in [0.5, 0.6) is 5.88 Å². The molecule has 0 bridgehead atoms. The first-order chi connectivity index (χ1) is 8.04. The van der Waals surface area contributed by atoms with Crippen LogP contribution in [0.1, 0.15) is 26.7 Å². The molecular formula is C11H17F2N3O.